The molecule has 0 aliphatic heterocycles. The zero-order chi connectivity index (χ0) is 18.7. The summed E-state index contributed by atoms with van der Waals surface area (Å²) in [4.78, 5) is 16.1. The highest BCUT2D eigenvalue weighted by molar-refractivity contribution is 7.13. The van der Waals surface area contributed by atoms with Gasteiger partial charge in [-0.1, -0.05) is 18.2 Å². The summed E-state index contributed by atoms with van der Waals surface area (Å²) < 4.78 is 10.9. The van der Waals surface area contributed by atoms with Gasteiger partial charge in [0.1, 0.15) is 5.01 Å². The Morgan fingerprint density at radius 3 is 2.54 bits per heavy atom. The van der Waals surface area contributed by atoms with Crippen LogP contribution in [0.1, 0.15) is 15.9 Å². The number of aromatic nitrogens is 1. The molecule has 0 spiro atoms. The summed E-state index contributed by atoms with van der Waals surface area (Å²) in [5.41, 5.74) is 9.07. The van der Waals surface area contributed by atoms with E-state index in [1.165, 1.54) is 25.6 Å². The first-order valence-corrected chi connectivity index (χ1v) is 8.66. The van der Waals surface area contributed by atoms with Crippen molar-refractivity contribution in [2.24, 2.45) is 0 Å². The van der Waals surface area contributed by atoms with Crippen molar-refractivity contribution in [1.82, 2.24) is 4.98 Å². The fourth-order valence-corrected chi connectivity index (χ4v) is 3.58. The third kappa shape index (κ3) is 2.91. The van der Waals surface area contributed by atoms with Crippen molar-refractivity contribution < 1.29 is 19.4 Å². The molecule has 0 atom stereocenters. The molecule has 0 bridgehead atoms. The number of anilines is 1. The lowest BCUT2D eigenvalue weighted by atomic mass is 9.93. The van der Waals surface area contributed by atoms with Gasteiger partial charge in [0.05, 0.1) is 26.5 Å². The number of benzene rings is 2. The number of aliphatic hydroxyl groups excluding tert-OH is 1. The first-order chi connectivity index (χ1) is 12.7. The van der Waals surface area contributed by atoms with E-state index in [4.69, 9.17) is 15.2 Å². The van der Waals surface area contributed by atoms with Gasteiger partial charge in [-0.3, -0.25) is 4.79 Å². The summed E-state index contributed by atoms with van der Waals surface area (Å²) in [5.74, 6) is 0.664. The van der Waals surface area contributed by atoms with Crippen LogP contribution in [0.2, 0.25) is 0 Å². The first kappa shape index (κ1) is 17.9. The van der Waals surface area contributed by atoms with Crippen LogP contribution in [0, 0.1) is 0 Å². The van der Waals surface area contributed by atoms with Crippen molar-refractivity contribution in [3.8, 4) is 33.2 Å². The molecule has 0 aliphatic rings. The van der Waals surface area contributed by atoms with E-state index in [1.807, 2.05) is 29.6 Å². The summed E-state index contributed by atoms with van der Waals surface area (Å²) in [6.45, 7) is -0.369. The van der Waals surface area contributed by atoms with Gasteiger partial charge in [0, 0.05) is 33.8 Å². The molecule has 134 valence electrons. The lowest BCUT2D eigenvalue weighted by molar-refractivity contribution is 0.112. The molecule has 3 N–H and O–H groups in total. The number of nitrogen functional groups attached to an aromatic ring is 1. The minimum atomic E-state index is -0.369. The van der Waals surface area contributed by atoms with Crippen LogP contribution in [0.15, 0.2) is 35.8 Å². The molecule has 0 fully saturated rings. The molecule has 0 saturated heterocycles. The van der Waals surface area contributed by atoms with E-state index in [2.05, 4.69) is 4.98 Å². The Kier molecular flexibility index (Phi) is 5.20. The molecule has 1 heterocycles. The van der Waals surface area contributed by atoms with Crippen LogP contribution in [0.25, 0.3) is 21.7 Å². The fourth-order valence-electron chi connectivity index (χ4n) is 2.94. The molecule has 0 saturated carbocycles. The predicted molar refractivity (Wildman–Crippen MR) is 102 cm³/mol. The van der Waals surface area contributed by atoms with Crippen LogP contribution in [-0.4, -0.2) is 30.6 Å². The number of carbonyl (C=O) groups is 1. The molecule has 2 aromatic carbocycles. The molecular formula is C19H18N2O4S. The van der Waals surface area contributed by atoms with Gasteiger partial charge in [-0.25, -0.2) is 4.98 Å². The minimum absolute atomic E-state index is 0.176. The van der Waals surface area contributed by atoms with Crippen LogP contribution in [-0.2, 0) is 6.61 Å². The van der Waals surface area contributed by atoms with Crippen LogP contribution < -0.4 is 15.2 Å². The fraction of sp³-hybridized carbons (Fsp3) is 0.158. The number of rotatable bonds is 6. The van der Waals surface area contributed by atoms with Gasteiger partial charge in [0.2, 0.25) is 0 Å². The van der Waals surface area contributed by atoms with Crippen molar-refractivity contribution in [2.45, 2.75) is 6.61 Å². The van der Waals surface area contributed by atoms with Gasteiger partial charge in [-0.15, -0.1) is 11.3 Å². The third-order valence-corrected chi connectivity index (χ3v) is 4.93. The topological polar surface area (TPSA) is 94.7 Å². The number of thiazole rings is 1. The van der Waals surface area contributed by atoms with Gasteiger partial charge in [0.15, 0.2) is 17.8 Å². The van der Waals surface area contributed by atoms with Gasteiger partial charge in [0.25, 0.3) is 0 Å². The standard InChI is InChI=1S/C19H18N2O4S/c1-24-17-14(10-23)16(20)13(9-22)15(18(17)25-2)11-4-3-5-12(8-11)19-21-6-7-26-19/h3-9,23H,10,20H2,1-2H3. The number of nitrogens with zero attached hydrogens (tertiary/aromatic N) is 1. The number of ether oxygens (including phenoxy) is 2. The van der Waals surface area contributed by atoms with Gasteiger partial charge >= 0.3 is 0 Å². The summed E-state index contributed by atoms with van der Waals surface area (Å²) in [7, 11) is 2.95. The number of aliphatic hydroxyl groups is 1. The quantitative estimate of drug-likeness (QED) is 0.510. The van der Waals surface area contributed by atoms with Crippen LogP contribution in [0.3, 0.4) is 0 Å². The lowest BCUT2D eigenvalue weighted by Crippen LogP contribution is -2.07. The van der Waals surface area contributed by atoms with Gasteiger partial charge in [-0.05, 0) is 11.6 Å². The summed E-state index contributed by atoms with van der Waals surface area (Å²) in [6.07, 6.45) is 2.41. The van der Waals surface area contributed by atoms with Crippen LogP contribution in [0.5, 0.6) is 11.5 Å². The van der Waals surface area contributed by atoms with E-state index in [0.29, 0.717) is 28.9 Å². The Bertz CT molecular complexity index is 939. The third-order valence-electron chi connectivity index (χ3n) is 4.11. The average molecular weight is 370 g/mol. The number of carbonyl (C=O) groups excluding carboxylic acids is 1. The summed E-state index contributed by atoms with van der Waals surface area (Å²) in [5, 5.41) is 12.4. The van der Waals surface area contributed by atoms with Gasteiger partial charge < -0.3 is 20.3 Å². The molecule has 7 heteroatoms. The summed E-state index contributed by atoms with van der Waals surface area (Å²) >= 11 is 1.52. The highest BCUT2D eigenvalue weighted by Gasteiger charge is 2.25. The molecule has 6 nitrogen and oxygen atoms in total. The maximum absolute atomic E-state index is 11.8. The Morgan fingerprint density at radius 1 is 1.23 bits per heavy atom. The lowest BCUT2D eigenvalue weighted by Gasteiger charge is -2.20. The monoisotopic (exact) mass is 370 g/mol. The smallest absolute Gasteiger partial charge is 0.169 e. The molecule has 26 heavy (non-hydrogen) atoms. The minimum Gasteiger partial charge on any atom is -0.492 e. The van der Waals surface area contributed by atoms with E-state index in [1.54, 1.807) is 6.20 Å². The highest BCUT2D eigenvalue weighted by atomic mass is 32.1. The Labute approximate surface area is 154 Å². The average Bonchev–Trinajstić information content (AvgIpc) is 3.21. The number of hydrogen-bond donors (Lipinski definition) is 2. The summed E-state index contributed by atoms with van der Waals surface area (Å²) in [6, 6.07) is 7.60. The second-order valence-corrected chi connectivity index (χ2v) is 6.34. The number of hydrogen-bond acceptors (Lipinski definition) is 7. The van der Waals surface area contributed by atoms with E-state index in [9.17, 15) is 9.90 Å². The first-order valence-electron chi connectivity index (χ1n) is 7.78. The predicted octanol–water partition coefficient (Wildman–Crippen LogP) is 3.38. The van der Waals surface area contributed by atoms with Crippen molar-refractivity contribution in [3.05, 3.63) is 47.0 Å². The van der Waals surface area contributed by atoms with Crippen LogP contribution in [0.4, 0.5) is 5.69 Å². The SMILES string of the molecule is COc1c(CO)c(N)c(C=O)c(-c2cccc(-c3nccs3)c2)c1OC. The van der Waals surface area contributed by atoms with E-state index >= 15 is 0 Å². The largest absolute Gasteiger partial charge is 0.492 e. The maximum atomic E-state index is 11.8. The Balaban J connectivity index is 2.33. The molecular weight excluding hydrogens is 352 g/mol. The van der Waals surface area contributed by atoms with E-state index in [0.717, 1.165) is 16.1 Å². The molecule has 1 aromatic heterocycles. The van der Waals surface area contributed by atoms with Crippen LogP contribution >= 0.6 is 11.3 Å². The molecule has 0 amide bonds. The second-order valence-electron chi connectivity index (χ2n) is 5.44. The number of aldehydes is 1. The normalized spacial score (nSPS) is 10.6. The Hall–Kier alpha value is -2.90. The van der Waals surface area contributed by atoms with Crippen molar-refractivity contribution in [1.29, 1.82) is 0 Å². The Morgan fingerprint density at radius 2 is 1.96 bits per heavy atom. The van der Waals surface area contributed by atoms with Crippen molar-refractivity contribution in [3.63, 3.8) is 0 Å². The highest BCUT2D eigenvalue weighted by Crippen LogP contribution is 2.46. The second kappa shape index (κ2) is 7.55. The maximum Gasteiger partial charge on any atom is 0.169 e. The molecule has 3 rings (SSSR count). The van der Waals surface area contributed by atoms with Crippen molar-refractivity contribution in [2.75, 3.05) is 20.0 Å². The number of methoxy groups -OCH3 is 2. The zero-order valence-electron chi connectivity index (χ0n) is 14.4. The molecule has 0 unspecified atom stereocenters. The molecule has 0 aliphatic carbocycles. The van der Waals surface area contributed by atoms with E-state index in [-0.39, 0.29) is 17.9 Å². The molecule has 0 radical (unpaired) electrons. The van der Waals surface area contributed by atoms with Gasteiger partial charge in [-0.2, -0.15) is 0 Å². The zero-order valence-corrected chi connectivity index (χ0v) is 15.2. The van der Waals surface area contributed by atoms with Crippen molar-refractivity contribution >= 4 is 23.3 Å². The number of nitrogens with two attached hydrogens (primary N) is 1. The van der Waals surface area contributed by atoms with E-state index < -0.39 is 0 Å². The molecule has 3 aromatic rings.